The van der Waals surface area contributed by atoms with Crippen LogP contribution in [0.15, 0.2) is 16.6 Å². The molecule has 1 atom stereocenters. The van der Waals surface area contributed by atoms with Crippen LogP contribution in [0.1, 0.15) is 39.7 Å². The highest BCUT2D eigenvalue weighted by Crippen LogP contribution is 2.32. The lowest BCUT2D eigenvalue weighted by molar-refractivity contribution is 0.198. The highest BCUT2D eigenvalue weighted by atomic mass is 79.9. The molecule has 19 heavy (non-hydrogen) atoms. The summed E-state index contributed by atoms with van der Waals surface area (Å²) in [5.74, 6) is 0.772. The molecule has 0 amide bonds. The second-order valence-electron chi connectivity index (χ2n) is 5.58. The summed E-state index contributed by atoms with van der Waals surface area (Å²) in [7, 11) is 0. The molecule has 0 heterocycles. The molecule has 0 aliphatic heterocycles. The molecule has 0 saturated carbocycles. The minimum Gasteiger partial charge on any atom is -0.488 e. The molecule has 0 aromatic heterocycles. The monoisotopic (exact) mass is 347 g/mol. The predicted molar refractivity (Wildman–Crippen MR) is 86.4 cm³/mol. The van der Waals surface area contributed by atoms with Crippen molar-refractivity contribution in [2.24, 2.45) is 0 Å². The Bertz CT molecular complexity index is 411. The summed E-state index contributed by atoms with van der Waals surface area (Å²) in [6.45, 7) is 11.4. The number of hydrogen-bond donors (Lipinski definition) is 1. The Morgan fingerprint density at radius 1 is 1.42 bits per heavy atom. The average molecular weight is 349 g/mol. The minimum atomic E-state index is 0.0724. The summed E-state index contributed by atoms with van der Waals surface area (Å²) < 4.78 is 6.93. The summed E-state index contributed by atoms with van der Waals surface area (Å²) in [6, 6.07) is 3.87. The van der Waals surface area contributed by atoms with Gasteiger partial charge in [0.05, 0.1) is 5.02 Å². The third-order valence-corrected chi connectivity index (χ3v) is 4.00. The average Bonchev–Trinajstić information content (AvgIpc) is 2.31. The molecule has 108 valence electrons. The SMILES string of the molecule is CCC(C)(C)NCC(C)Oc1c(C)cc(Br)cc1Cl. The molecule has 1 rings (SSSR count). The van der Waals surface area contributed by atoms with Gasteiger partial charge in [0.25, 0.3) is 0 Å². The summed E-state index contributed by atoms with van der Waals surface area (Å²) in [5, 5.41) is 4.15. The van der Waals surface area contributed by atoms with Gasteiger partial charge in [0.2, 0.25) is 0 Å². The van der Waals surface area contributed by atoms with Gasteiger partial charge in [-0.2, -0.15) is 0 Å². The molecule has 0 radical (unpaired) electrons. The third-order valence-electron chi connectivity index (χ3n) is 3.27. The van der Waals surface area contributed by atoms with E-state index in [4.69, 9.17) is 16.3 Å². The van der Waals surface area contributed by atoms with E-state index in [0.29, 0.717) is 5.02 Å². The first kappa shape index (κ1) is 16.8. The van der Waals surface area contributed by atoms with Crippen LogP contribution in [0.25, 0.3) is 0 Å². The standard InChI is InChI=1S/C15H23BrClNO/c1-6-15(4,5)18-9-11(3)19-14-10(2)7-12(16)8-13(14)17/h7-8,11,18H,6,9H2,1-5H3. The van der Waals surface area contributed by atoms with E-state index in [9.17, 15) is 0 Å². The summed E-state index contributed by atoms with van der Waals surface area (Å²) in [5.41, 5.74) is 1.18. The number of rotatable bonds is 6. The molecule has 2 nitrogen and oxygen atoms in total. The van der Waals surface area contributed by atoms with Crippen molar-refractivity contribution < 1.29 is 4.74 Å². The van der Waals surface area contributed by atoms with Crippen molar-refractivity contribution in [1.82, 2.24) is 5.32 Å². The fourth-order valence-corrected chi connectivity index (χ4v) is 2.64. The van der Waals surface area contributed by atoms with Crippen LogP contribution in [-0.4, -0.2) is 18.2 Å². The number of benzene rings is 1. The van der Waals surface area contributed by atoms with Crippen molar-refractivity contribution in [3.63, 3.8) is 0 Å². The van der Waals surface area contributed by atoms with Crippen molar-refractivity contribution in [1.29, 1.82) is 0 Å². The lowest BCUT2D eigenvalue weighted by atomic mass is 10.0. The van der Waals surface area contributed by atoms with E-state index in [1.807, 2.05) is 19.1 Å². The van der Waals surface area contributed by atoms with Crippen LogP contribution in [0.4, 0.5) is 0 Å². The van der Waals surface area contributed by atoms with E-state index in [1.54, 1.807) is 0 Å². The molecule has 1 unspecified atom stereocenters. The maximum absolute atomic E-state index is 6.22. The smallest absolute Gasteiger partial charge is 0.141 e. The van der Waals surface area contributed by atoms with E-state index in [0.717, 1.165) is 28.8 Å². The first-order valence-electron chi connectivity index (χ1n) is 6.62. The van der Waals surface area contributed by atoms with Crippen molar-refractivity contribution in [2.75, 3.05) is 6.54 Å². The largest absolute Gasteiger partial charge is 0.488 e. The van der Waals surface area contributed by atoms with Gasteiger partial charge in [-0.1, -0.05) is 34.5 Å². The van der Waals surface area contributed by atoms with E-state index in [2.05, 4.69) is 48.9 Å². The van der Waals surface area contributed by atoms with Crippen LogP contribution < -0.4 is 10.1 Å². The Balaban J connectivity index is 2.65. The van der Waals surface area contributed by atoms with Crippen LogP contribution in [0.2, 0.25) is 5.02 Å². The molecule has 0 saturated heterocycles. The second kappa shape index (κ2) is 6.96. The Morgan fingerprint density at radius 2 is 2.05 bits per heavy atom. The van der Waals surface area contributed by atoms with Gasteiger partial charge in [-0.3, -0.25) is 0 Å². The fourth-order valence-electron chi connectivity index (χ4n) is 1.63. The van der Waals surface area contributed by atoms with E-state index < -0.39 is 0 Å². The zero-order valence-electron chi connectivity index (χ0n) is 12.3. The van der Waals surface area contributed by atoms with Crippen LogP contribution in [0, 0.1) is 6.92 Å². The van der Waals surface area contributed by atoms with Gasteiger partial charge in [-0.15, -0.1) is 0 Å². The van der Waals surface area contributed by atoms with Gasteiger partial charge in [-0.25, -0.2) is 0 Å². The number of halogens is 2. The second-order valence-corrected chi connectivity index (χ2v) is 6.90. The third kappa shape index (κ3) is 5.33. The van der Waals surface area contributed by atoms with Crippen LogP contribution >= 0.6 is 27.5 Å². The first-order valence-corrected chi connectivity index (χ1v) is 7.79. The Hall–Kier alpha value is -0.250. The molecule has 0 fully saturated rings. The van der Waals surface area contributed by atoms with Gasteiger partial charge in [0.15, 0.2) is 0 Å². The number of ether oxygens (including phenoxy) is 1. The molecule has 0 spiro atoms. The first-order chi connectivity index (χ1) is 8.75. The number of nitrogens with one attached hydrogen (secondary N) is 1. The number of hydrogen-bond acceptors (Lipinski definition) is 2. The van der Waals surface area contributed by atoms with Gasteiger partial charge in [-0.05, 0) is 51.8 Å². The predicted octanol–water partition coefficient (Wildman–Crippen LogP) is 4.96. The highest BCUT2D eigenvalue weighted by Gasteiger charge is 2.17. The lowest BCUT2D eigenvalue weighted by Gasteiger charge is -2.27. The molecule has 0 aliphatic carbocycles. The Kier molecular flexibility index (Phi) is 6.15. The van der Waals surface area contributed by atoms with Gasteiger partial charge in [0, 0.05) is 16.6 Å². The molecular formula is C15H23BrClNO. The summed E-state index contributed by atoms with van der Waals surface area (Å²) >= 11 is 9.65. The van der Waals surface area contributed by atoms with Crippen LogP contribution in [0.5, 0.6) is 5.75 Å². The zero-order chi connectivity index (χ0) is 14.6. The summed E-state index contributed by atoms with van der Waals surface area (Å²) in [6.07, 6.45) is 1.15. The van der Waals surface area contributed by atoms with Crippen LogP contribution in [-0.2, 0) is 0 Å². The molecule has 4 heteroatoms. The molecular weight excluding hydrogens is 326 g/mol. The quantitative estimate of drug-likeness (QED) is 0.785. The van der Waals surface area contributed by atoms with Gasteiger partial charge >= 0.3 is 0 Å². The normalized spacial score (nSPS) is 13.4. The molecule has 1 N–H and O–H groups in total. The van der Waals surface area contributed by atoms with Crippen molar-refractivity contribution >= 4 is 27.5 Å². The fraction of sp³-hybridized carbons (Fsp3) is 0.600. The Labute approximate surface area is 130 Å². The minimum absolute atomic E-state index is 0.0724. The van der Waals surface area contributed by atoms with Gasteiger partial charge in [0.1, 0.15) is 11.9 Å². The van der Waals surface area contributed by atoms with E-state index >= 15 is 0 Å². The molecule has 1 aromatic carbocycles. The highest BCUT2D eigenvalue weighted by molar-refractivity contribution is 9.10. The number of aryl methyl sites for hydroxylation is 1. The topological polar surface area (TPSA) is 21.3 Å². The maximum Gasteiger partial charge on any atom is 0.141 e. The lowest BCUT2D eigenvalue weighted by Crippen LogP contribution is -2.43. The maximum atomic E-state index is 6.22. The van der Waals surface area contributed by atoms with E-state index in [-0.39, 0.29) is 11.6 Å². The molecule has 0 bridgehead atoms. The Morgan fingerprint density at radius 3 is 2.58 bits per heavy atom. The summed E-state index contributed by atoms with van der Waals surface area (Å²) in [4.78, 5) is 0. The van der Waals surface area contributed by atoms with Gasteiger partial charge < -0.3 is 10.1 Å². The van der Waals surface area contributed by atoms with Crippen LogP contribution in [0.3, 0.4) is 0 Å². The zero-order valence-corrected chi connectivity index (χ0v) is 14.7. The van der Waals surface area contributed by atoms with Crippen molar-refractivity contribution in [3.05, 3.63) is 27.2 Å². The van der Waals surface area contributed by atoms with Crippen molar-refractivity contribution in [3.8, 4) is 5.75 Å². The molecule has 1 aromatic rings. The molecule has 0 aliphatic rings. The van der Waals surface area contributed by atoms with E-state index in [1.165, 1.54) is 0 Å². The van der Waals surface area contributed by atoms with Crippen molar-refractivity contribution in [2.45, 2.75) is 52.7 Å².